The van der Waals surface area contributed by atoms with Crippen LogP contribution >= 0.6 is 0 Å². The molecule has 4 rings (SSSR count). The van der Waals surface area contributed by atoms with Crippen LogP contribution in [0.15, 0.2) is 117 Å². The third-order valence-corrected chi connectivity index (χ3v) is 8.29. The number of nitro groups is 2. The summed E-state index contributed by atoms with van der Waals surface area (Å²) in [4.78, 5) is 21.8. The molecule has 0 radical (unpaired) electrons. The summed E-state index contributed by atoms with van der Waals surface area (Å²) in [5, 5.41) is 20.7. The predicted molar refractivity (Wildman–Crippen MR) is 139 cm³/mol. The first-order valence-electron chi connectivity index (χ1n) is 10.8. The van der Waals surface area contributed by atoms with E-state index in [2.05, 4.69) is 92.7 Å². The normalized spacial score (nSPS) is 10.9. The number of nitrogens with zero attached hydrogens (tertiary/aromatic N) is 2. The van der Waals surface area contributed by atoms with E-state index in [0.717, 1.165) is 0 Å². The highest BCUT2D eigenvalue weighted by Gasteiger charge is 2.29. The summed E-state index contributed by atoms with van der Waals surface area (Å²) in [6, 6.07) is 29.9. The Bertz CT molecular complexity index is 1460. The minimum absolute atomic E-state index is 0.0345. The number of rotatable bonds is 6. The lowest BCUT2D eigenvalue weighted by Gasteiger charge is -2.10. The molecule has 0 unspecified atom stereocenters. The van der Waals surface area contributed by atoms with Crippen LogP contribution in [0.1, 0.15) is 11.1 Å². The summed E-state index contributed by atoms with van der Waals surface area (Å²) in [6.45, 7) is 4.37. The maximum atomic E-state index is 10.6. The van der Waals surface area contributed by atoms with Crippen molar-refractivity contribution in [3.63, 3.8) is 0 Å². The van der Waals surface area contributed by atoms with Gasteiger partial charge < -0.3 is 4.55 Å². The molecule has 0 amide bonds. The van der Waals surface area contributed by atoms with Crippen molar-refractivity contribution in [1.29, 1.82) is 0 Å². The molecule has 0 saturated carbocycles. The molecule has 0 aromatic heterocycles. The van der Waals surface area contributed by atoms with Crippen molar-refractivity contribution in [1.82, 2.24) is 0 Å². The Hall–Kier alpha value is -4.06. The quantitative estimate of drug-likeness (QED) is 0.130. The number of hydrogen-bond acceptors (Lipinski definition) is 7. The minimum atomic E-state index is -4.97. The highest BCUT2D eigenvalue weighted by molar-refractivity contribution is 7.97. The summed E-state index contributed by atoms with van der Waals surface area (Å²) in [5.74, 6) is 0. The van der Waals surface area contributed by atoms with Crippen LogP contribution in [0.25, 0.3) is 0 Å². The molecule has 11 heteroatoms. The monoisotopic (exact) mass is 538 g/mol. The molecule has 4 aromatic carbocycles. The van der Waals surface area contributed by atoms with Crippen LogP contribution in [0.3, 0.4) is 0 Å². The van der Waals surface area contributed by atoms with Crippen LogP contribution in [0.2, 0.25) is 0 Å². The number of benzene rings is 4. The van der Waals surface area contributed by atoms with Crippen molar-refractivity contribution in [3.8, 4) is 0 Å². The van der Waals surface area contributed by atoms with E-state index in [1.807, 2.05) is 0 Å². The summed E-state index contributed by atoms with van der Waals surface area (Å²) >= 11 is 0. The summed E-state index contributed by atoms with van der Waals surface area (Å²) in [6.07, 6.45) is 0. The molecule has 0 aliphatic carbocycles. The van der Waals surface area contributed by atoms with E-state index in [1.54, 1.807) is 0 Å². The Kier molecular flexibility index (Phi) is 8.77. The van der Waals surface area contributed by atoms with E-state index >= 15 is 0 Å². The molecular weight excluding hydrogens is 516 g/mol. The van der Waals surface area contributed by atoms with Crippen molar-refractivity contribution in [3.05, 3.63) is 128 Å². The van der Waals surface area contributed by atoms with Gasteiger partial charge in [-0.25, -0.2) is 8.42 Å². The van der Waals surface area contributed by atoms with Gasteiger partial charge in [-0.2, -0.15) is 0 Å². The Morgan fingerprint density at radius 3 is 1.51 bits per heavy atom. The topological polar surface area (TPSA) is 143 Å². The fourth-order valence-electron chi connectivity index (χ4n) is 3.45. The van der Waals surface area contributed by atoms with Gasteiger partial charge in [0.2, 0.25) is 0 Å². The van der Waals surface area contributed by atoms with Crippen molar-refractivity contribution in [2.75, 3.05) is 0 Å². The second-order valence-electron chi connectivity index (χ2n) is 7.85. The molecule has 9 nitrogen and oxygen atoms in total. The molecule has 0 heterocycles. The van der Waals surface area contributed by atoms with Crippen LogP contribution < -0.4 is 0 Å². The smallest absolute Gasteiger partial charge is 0.277 e. The molecule has 0 spiro atoms. The van der Waals surface area contributed by atoms with Crippen molar-refractivity contribution in [2.45, 2.75) is 33.4 Å². The van der Waals surface area contributed by atoms with Crippen LogP contribution in [-0.2, 0) is 21.0 Å². The second-order valence-corrected chi connectivity index (χ2v) is 11.2. The lowest BCUT2D eigenvalue weighted by atomic mass is 10.2. The van der Waals surface area contributed by atoms with E-state index in [4.69, 9.17) is 0 Å². The Morgan fingerprint density at radius 1 is 0.676 bits per heavy atom. The van der Waals surface area contributed by atoms with Gasteiger partial charge in [0.15, 0.2) is 14.7 Å². The van der Waals surface area contributed by atoms with Crippen LogP contribution in [0.4, 0.5) is 11.4 Å². The van der Waals surface area contributed by atoms with Crippen LogP contribution in [0.5, 0.6) is 0 Å². The average Bonchev–Trinajstić information content (AvgIpc) is 2.86. The van der Waals surface area contributed by atoms with Gasteiger partial charge in [0, 0.05) is 17.7 Å². The summed E-state index contributed by atoms with van der Waals surface area (Å²) in [7, 11) is -5.01. The van der Waals surface area contributed by atoms with Gasteiger partial charge in [0.25, 0.3) is 11.4 Å². The molecule has 0 aliphatic heterocycles. The van der Waals surface area contributed by atoms with Gasteiger partial charge in [-0.05, 0) is 44.2 Å². The van der Waals surface area contributed by atoms with E-state index in [0.29, 0.717) is 18.2 Å². The molecule has 37 heavy (non-hydrogen) atoms. The van der Waals surface area contributed by atoms with Gasteiger partial charge in [-0.15, -0.1) is 0 Å². The fourth-order valence-corrected chi connectivity index (χ4v) is 6.21. The summed E-state index contributed by atoms with van der Waals surface area (Å²) < 4.78 is 31.7. The lowest BCUT2D eigenvalue weighted by molar-refractivity contribution is -0.394. The van der Waals surface area contributed by atoms with Crippen LogP contribution in [-0.4, -0.2) is 22.8 Å². The number of non-ortho nitro benzene ring substituents is 2. The average molecular weight is 539 g/mol. The highest BCUT2D eigenvalue weighted by atomic mass is 32.2. The van der Waals surface area contributed by atoms with Gasteiger partial charge in [-0.1, -0.05) is 54.1 Å². The molecule has 0 fully saturated rings. The zero-order chi connectivity index (χ0) is 27.2. The maximum Gasteiger partial charge on any atom is 0.277 e. The molecule has 4 aromatic rings. The Labute approximate surface area is 216 Å². The SMILES string of the molecule is Cc1ccc([S+](c2ccccc2)c2ccccc2)c(C)c1.O=[N+]([O-])c1cc([N+](=O)[O-])cc(S(=O)(=O)[O-])c1. The number of nitro benzene ring substituents is 2. The van der Waals surface area contributed by atoms with Gasteiger partial charge in [0.05, 0.1) is 31.7 Å². The fraction of sp³-hybridized carbons (Fsp3) is 0.0769. The largest absolute Gasteiger partial charge is 0.744 e. The zero-order valence-electron chi connectivity index (χ0n) is 19.8. The minimum Gasteiger partial charge on any atom is -0.744 e. The van der Waals surface area contributed by atoms with E-state index in [1.165, 1.54) is 25.8 Å². The van der Waals surface area contributed by atoms with E-state index in [-0.39, 0.29) is 10.9 Å². The number of aryl methyl sites for hydroxylation is 2. The van der Waals surface area contributed by atoms with E-state index in [9.17, 15) is 33.2 Å². The standard InChI is InChI=1S/C20H19S.C6H4N2O7S/c1-16-13-14-20(17(2)15-16)21(18-9-5-3-6-10-18)19-11-7-4-8-12-19;9-7(10)4-1-5(8(11)12)3-6(2-4)16(13,14)15/h3-15H,1-2H3;1-3H,(H,13,14,15)/q+1;/p-1. The molecule has 0 atom stereocenters. The highest BCUT2D eigenvalue weighted by Crippen LogP contribution is 2.33. The van der Waals surface area contributed by atoms with Crippen molar-refractivity contribution in [2.24, 2.45) is 0 Å². The van der Waals surface area contributed by atoms with E-state index < -0.39 is 36.2 Å². The third kappa shape index (κ3) is 7.23. The first-order chi connectivity index (χ1) is 17.5. The first-order valence-corrected chi connectivity index (χ1v) is 13.4. The first kappa shape index (κ1) is 27.5. The van der Waals surface area contributed by atoms with Gasteiger partial charge in [-0.3, -0.25) is 20.2 Å². The lowest BCUT2D eigenvalue weighted by Crippen LogP contribution is -2.06. The molecule has 0 bridgehead atoms. The van der Waals surface area contributed by atoms with Crippen molar-refractivity contribution >= 4 is 32.4 Å². The van der Waals surface area contributed by atoms with Crippen molar-refractivity contribution < 1.29 is 22.8 Å². The Balaban J connectivity index is 0.000000214. The third-order valence-electron chi connectivity index (χ3n) is 5.09. The maximum absolute atomic E-state index is 10.6. The summed E-state index contributed by atoms with van der Waals surface area (Å²) in [5.41, 5.74) is 1.03. The van der Waals surface area contributed by atoms with Crippen LogP contribution in [0, 0.1) is 34.1 Å². The zero-order valence-corrected chi connectivity index (χ0v) is 21.4. The molecule has 0 saturated heterocycles. The number of hydrogen-bond donors (Lipinski definition) is 0. The molecular formula is C26H22N2O7S2. The predicted octanol–water partition coefficient (Wildman–Crippen LogP) is 5.81. The molecule has 190 valence electrons. The molecule has 0 aliphatic rings. The second kappa shape index (κ2) is 11.8. The van der Waals surface area contributed by atoms with Gasteiger partial charge >= 0.3 is 0 Å². The molecule has 0 N–H and O–H groups in total. The van der Waals surface area contributed by atoms with Gasteiger partial charge in [0.1, 0.15) is 10.1 Å². The Morgan fingerprint density at radius 2 is 1.14 bits per heavy atom.